The second-order valence-corrected chi connectivity index (χ2v) is 4.23. The smallest absolute Gasteiger partial charge is 0.129 e. The van der Waals surface area contributed by atoms with E-state index in [1.807, 2.05) is 13.2 Å². The Kier molecular flexibility index (Phi) is 3.67. The molecule has 15 heavy (non-hydrogen) atoms. The Morgan fingerprint density at radius 3 is 2.93 bits per heavy atom. The van der Waals surface area contributed by atoms with Gasteiger partial charge >= 0.3 is 0 Å². The van der Waals surface area contributed by atoms with Crippen LogP contribution in [0.3, 0.4) is 0 Å². The van der Waals surface area contributed by atoms with E-state index in [9.17, 15) is 0 Å². The predicted octanol–water partition coefficient (Wildman–Crippen LogP) is 1.90. The van der Waals surface area contributed by atoms with Crippen molar-refractivity contribution in [2.75, 3.05) is 13.6 Å². The maximum Gasteiger partial charge on any atom is 0.129 e. The maximum absolute atomic E-state index is 4.64. The van der Waals surface area contributed by atoms with E-state index in [4.69, 9.17) is 0 Å². The molecule has 0 saturated heterocycles. The van der Waals surface area contributed by atoms with Crippen molar-refractivity contribution in [3.05, 3.63) is 23.8 Å². The number of hydrogen-bond acceptors (Lipinski definition) is 3. The van der Waals surface area contributed by atoms with Gasteiger partial charge in [0.1, 0.15) is 5.82 Å². The second-order valence-electron chi connectivity index (χ2n) is 4.23. The molecule has 0 aromatic carbocycles. The molecule has 0 spiro atoms. The van der Waals surface area contributed by atoms with Gasteiger partial charge in [0.25, 0.3) is 0 Å². The van der Waals surface area contributed by atoms with Crippen LogP contribution < -0.4 is 5.32 Å². The van der Waals surface area contributed by atoms with Gasteiger partial charge < -0.3 is 5.32 Å². The van der Waals surface area contributed by atoms with Gasteiger partial charge in [-0.2, -0.15) is 0 Å². The largest absolute Gasteiger partial charge is 0.319 e. The molecule has 0 unspecified atom stereocenters. The van der Waals surface area contributed by atoms with Gasteiger partial charge in [-0.3, -0.25) is 0 Å². The van der Waals surface area contributed by atoms with Crippen LogP contribution in [0.25, 0.3) is 0 Å². The fourth-order valence-corrected chi connectivity index (χ4v) is 2.22. The molecule has 1 heterocycles. The van der Waals surface area contributed by atoms with E-state index in [-0.39, 0.29) is 0 Å². The normalized spacial score (nSPS) is 17.1. The third-order valence-corrected chi connectivity index (χ3v) is 3.10. The topological polar surface area (TPSA) is 37.8 Å². The molecule has 1 saturated carbocycles. The van der Waals surface area contributed by atoms with Crippen LogP contribution in [-0.4, -0.2) is 23.6 Å². The zero-order valence-corrected chi connectivity index (χ0v) is 9.37. The van der Waals surface area contributed by atoms with Crippen molar-refractivity contribution in [2.45, 2.75) is 38.0 Å². The zero-order valence-electron chi connectivity index (χ0n) is 9.37. The average Bonchev–Trinajstić information content (AvgIpc) is 2.80. The van der Waals surface area contributed by atoms with Crippen LogP contribution in [0.4, 0.5) is 0 Å². The lowest BCUT2D eigenvalue weighted by Crippen LogP contribution is -2.13. The maximum atomic E-state index is 4.64. The number of nitrogens with zero attached hydrogens (tertiary/aromatic N) is 2. The monoisotopic (exact) mass is 205 g/mol. The molecule has 1 N–H and O–H groups in total. The van der Waals surface area contributed by atoms with Gasteiger partial charge in [-0.1, -0.05) is 12.8 Å². The standard InChI is InChI=1S/C12H19N3/c1-13-8-7-12-14-9-6-11(15-12)10-4-2-3-5-10/h6,9-10,13H,2-5,7-8H2,1H3. The highest BCUT2D eigenvalue weighted by Crippen LogP contribution is 2.32. The summed E-state index contributed by atoms with van der Waals surface area (Å²) in [6.45, 7) is 0.952. The summed E-state index contributed by atoms with van der Waals surface area (Å²) in [6, 6.07) is 2.08. The molecule has 1 aromatic heterocycles. The Bertz CT molecular complexity index is 305. The molecule has 0 radical (unpaired) electrons. The SMILES string of the molecule is CNCCc1nccc(C2CCCC2)n1. The molecule has 2 rings (SSSR count). The van der Waals surface area contributed by atoms with Crippen LogP contribution in [0, 0.1) is 0 Å². The molecule has 0 amide bonds. The quantitative estimate of drug-likeness (QED) is 0.815. The number of nitrogens with one attached hydrogen (secondary N) is 1. The first-order chi connectivity index (χ1) is 7.40. The number of rotatable bonds is 4. The lowest BCUT2D eigenvalue weighted by molar-refractivity contribution is 0.674. The molecule has 1 fully saturated rings. The van der Waals surface area contributed by atoms with E-state index in [1.54, 1.807) is 0 Å². The highest BCUT2D eigenvalue weighted by Gasteiger charge is 2.18. The van der Waals surface area contributed by atoms with E-state index in [2.05, 4.69) is 21.4 Å². The minimum absolute atomic E-state index is 0.696. The van der Waals surface area contributed by atoms with Gasteiger partial charge in [0.15, 0.2) is 0 Å². The van der Waals surface area contributed by atoms with Crippen LogP contribution in [0.1, 0.15) is 43.1 Å². The van der Waals surface area contributed by atoms with Gasteiger partial charge in [0.05, 0.1) is 0 Å². The Labute approximate surface area is 91.3 Å². The van der Waals surface area contributed by atoms with E-state index in [0.29, 0.717) is 5.92 Å². The second kappa shape index (κ2) is 5.21. The van der Waals surface area contributed by atoms with Crippen molar-refractivity contribution in [2.24, 2.45) is 0 Å². The van der Waals surface area contributed by atoms with E-state index >= 15 is 0 Å². The first kappa shape index (κ1) is 10.6. The van der Waals surface area contributed by atoms with Gasteiger partial charge in [-0.15, -0.1) is 0 Å². The lowest BCUT2D eigenvalue weighted by Gasteiger charge is -2.09. The van der Waals surface area contributed by atoms with Gasteiger partial charge in [-0.25, -0.2) is 9.97 Å². The minimum atomic E-state index is 0.696. The fourth-order valence-electron chi connectivity index (χ4n) is 2.22. The van der Waals surface area contributed by atoms with Crippen molar-refractivity contribution in [1.29, 1.82) is 0 Å². The van der Waals surface area contributed by atoms with Gasteiger partial charge in [0, 0.05) is 30.8 Å². The van der Waals surface area contributed by atoms with Crippen molar-refractivity contribution in [3.8, 4) is 0 Å². The third kappa shape index (κ3) is 2.75. The Balaban J connectivity index is 2.04. The molecule has 3 heteroatoms. The van der Waals surface area contributed by atoms with Crippen molar-refractivity contribution in [1.82, 2.24) is 15.3 Å². The Hall–Kier alpha value is -0.960. The number of likely N-dealkylation sites (N-methyl/N-ethyl adjacent to an activating group) is 1. The molecule has 0 atom stereocenters. The Morgan fingerprint density at radius 1 is 1.40 bits per heavy atom. The van der Waals surface area contributed by atoms with Crippen molar-refractivity contribution >= 4 is 0 Å². The summed E-state index contributed by atoms with van der Waals surface area (Å²) in [5.74, 6) is 1.68. The summed E-state index contributed by atoms with van der Waals surface area (Å²) in [5.41, 5.74) is 1.26. The van der Waals surface area contributed by atoms with Crippen LogP contribution in [0.2, 0.25) is 0 Å². The van der Waals surface area contributed by atoms with E-state index < -0.39 is 0 Å². The van der Waals surface area contributed by atoms with Crippen LogP contribution >= 0.6 is 0 Å². The van der Waals surface area contributed by atoms with Crippen molar-refractivity contribution < 1.29 is 0 Å². The van der Waals surface area contributed by atoms with Crippen LogP contribution in [0.5, 0.6) is 0 Å². The molecule has 1 aliphatic rings. The number of hydrogen-bond donors (Lipinski definition) is 1. The predicted molar refractivity (Wildman–Crippen MR) is 60.9 cm³/mol. The first-order valence-corrected chi connectivity index (χ1v) is 5.86. The molecule has 1 aromatic rings. The number of aromatic nitrogens is 2. The summed E-state index contributed by atoms with van der Waals surface area (Å²) in [6.07, 6.45) is 8.18. The lowest BCUT2D eigenvalue weighted by atomic mass is 10.0. The van der Waals surface area contributed by atoms with Crippen LogP contribution in [-0.2, 0) is 6.42 Å². The average molecular weight is 205 g/mol. The van der Waals surface area contributed by atoms with Gasteiger partial charge in [-0.05, 0) is 26.0 Å². The summed E-state index contributed by atoms with van der Waals surface area (Å²) in [5, 5.41) is 3.13. The van der Waals surface area contributed by atoms with Gasteiger partial charge in [0.2, 0.25) is 0 Å². The summed E-state index contributed by atoms with van der Waals surface area (Å²) in [4.78, 5) is 8.94. The van der Waals surface area contributed by atoms with Crippen LogP contribution in [0.15, 0.2) is 12.3 Å². The molecule has 0 aliphatic heterocycles. The molecule has 1 aliphatic carbocycles. The molecule has 0 bridgehead atoms. The zero-order chi connectivity index (χ0) is 10.5. The molecule has 82 valence electrons. The summed E-state index contributed by atoms with van der Waals surface area (Å²) in [7, 11) is 1.96. The molecular weight excluding hydrogens is 186 g/mol. The minimum Gasteiger partial charge on any atom is -0.319 e. The van der Waals surface area contributed by atoms with Crippen molar-refractivity contribution in [3.63, 3.8) is 0 Å². The molecular formula is C12H19N3. The highest BCUT2D eigenvalue weighted by atomic mass is 14.9. The Morgan fingerprint density at radius 2 is 2.20 bits per heavy atom. The highest BCUT2D eigenvalue weighted by molar-refractivity contribution is 5.10. The third-order valence-electron chi connectivity index (χ3n) is 3.10. The first-order valence-electron chi connectivity index (χ1n) is 5.86. The summed E-state index contributed by atoms with van der Waals surface area (Å²) >= 11 is 0. The summed E-state index contributed by atoms with van der Waals surface area (Å²) < 4.78 is 0. The fraction of sp³-hybridized carbons (Fsp3) is 0.667. The van der Waals surface area contributed by atoms with E-state index in [0.717, 1.165) is 18.8 Å². The molecule has 3 nitrogen and oxygen atoms in total. The van der Waals surface area contributed by atoms with E-state index in [1.165, 1.54) is 31.4 Å².